The molecule has 3 aromatic rings. The lowest BCUT2D eigenvalue weighted by Gasteiger charge is -2.33. The van der Waals surface area contributed by atoms with E-state index in [-0.39, 0.29) is 18.0 Å². The van der Waals surface area contributed by atoms with Crippen LogP contribution < -0.4 is 15.0 Å². The molecule has 7 heteroatoms. The van der Waals surface area contributed by atoms with Crippen LogP contribution in [-0.2, 0) is 11.3 Å². The lowest BCUT2D eigenvalue weighted by molar-refractivity contribution is -0.125. The second-order valence-electron chi connectivity index (χ2n) is 6.92. The molecule has 0 radical (unpaired) electrons. The summed E-state index contributed by atoms with van der Waals surface area (Å²) in [6.45, 7) is 1.95. The molecule has 0 aromatic heterocycles. The molecule has 5 nitrogen and oxygen atoms in total. The quantitative estimate of drug-likeness (QED) is 0.638. The zero-order chi connectivity index (χ0) is 21.3. The van der Waals surface area contributed by atoms with Gasteiger partial charge in [0.25, 0.3) is 11.8 Å². The monoisotopic (exact) mass is 424 g/mol. The van der Waals surface area contributed by atoms with Crippen LogP contribution in [0.3, 0.4) is 0 Å². The Morgan fingerprint density at radius 2 is 1.93 bits per heavy atom. The fourth-order valence-electron chi connectivity index (χ4n) is 3.28. The number of fused-ring (bicyclic) bond motifs is 1. The number of ether oxygens (including phenoxy) is 1. The van der Waals surface area contributed by atoms with E-state index < -0.39 is 17.8 Å². The SMILES string of the molecule is CC1Oc2ccc(NC(=O)c3cccc(F)c3)cc2N(Cc2ccccc2Cl)C1=O. The minimum Gasteiger partial charge on any atom is -0.479 e. The van der Waals surface area contributed by atoms with Gasteiger partial charge in [-0.2, -0.15) is 0 Å². The zero-order valence-corrected chi connectivity index (χ0v) is 16.8. The van der Waals surface area contributed by atoms with Crippen LogP contribution in [0.5, 0.6) is 5.75 Å². The first-order valence-electron chi connectivity index (χ1n) is 9.35. The van der Waals surface area contributed by atoms with E-state index in [9.17, 15) is 14.0 Å². The van der Waals surface area contributed by atoms with Gasteiger partial charge in [-0.05, 0) is 55.0 Å². The van der Waals surface area contributed by atoms with Crippen molar-refractivity contribution in [2.24, 2.45) is 0 Å². The topological polar surface area (TPSA) is 58.6 Å². The summed E-state index contributed by atoms with van der Waals surface area (Å²) >= 11 is 6.28. The van der Waals surface area contributed by atoms with E-state index in [4.69, 9.17) is 16.3 Å². The highest BCUT2D eigenvalue weighted by Crippen LogP contribution is 2.38. The van der Waals surface area contributed by atoms with Gasteiger partial charge in [0.2, 0.25) is 0 Å². The minimum absolute atomic E-state index is 0.196. The summed E-state index contributed by atoms with van der Waals surface area (Å²) in [6.07, 6.45) is -0.646. The number of anilines is 2. The standard InChI is InChI=1S/C23H18ClFN2O3/c1-14-23(29)27(13-16-5-2-3-8-19(16)24)20-12-18(9-10-21(20)30-14)26-22(28)15-6-4-7-17(25)11-15/h2-12,14H,13H2,1H3,(H,26,28). The van der Waals surface area contributed by atoms with E-state index in [1.165, 1.54) is 18.2 Å². The lowest BCUT2D eigenvalue weighted by Crippen LogP contribution is -2.44. The molecular weight excluding hydrogens is 407 g/mol. The second-order valence-corrected chi connectivity index (χ2v) is 7.33. The van der Waals surface area contributed by atoms with Crippen LogP contribution in [0.1, 0.15) is 22.8 Å². The van der Waals surface area contributed by atoms with Crippen LogP contribution in [0.2, 0.25) is 5.02 Å². The van der Waals surface area contributed by atoms with Gasteiger partial charge in [-0.1, -0.05) is 35.9 Å². The van der Waals surface area contributed by atoms with E-state index in [1.54, 1.807) is 36.1 Å². The number of nitrogens with zero attached hydrogens (tertiary/aromatic N) is 1. The van der Waals surface area contributed by atoms with Crippen LogP contribution in [0, 0.1) is 5.82 Å². The maximum absolute atomic E-state index is 13.4. The number of rotatable bonds is 4. The number of amides is 2. The zero-order valence-electron chi connectivity index (χ0n) is 16.1. The number of halogens is 2. The Labute approximate surface area is 178 Å². The van der Waals surface area contributed by atoms with Crippen molar-refractivity contribution < 1.29 is 18.7 Å². The molecule has 0 saturated heterocycles. The summed E-state index contributed by atoms with van der Waals surface area (Å²) in [4.78, 5) is 26.9. The van der Waals surface area contributed by atoms with E-state index in [1.807, 2.05) is 18.2 Å². The van der Waals surface area contributed by atoms with Gasteiger partial charge < -0.3 is 15.0 Å². The van der Waals surface area contributed by atoms with Crippen molar-refractivity contribution in [3.8, 4) is 5.75 Å². The lowest BCUT2D eigenvalue weighted by atomic mass is 10.1. The Kier molecular flexibility index (Phi) is 5.42. The molecule has 1 heterocycles. The average Bonchev–Trinajstić information content (AvgIpc) is 2.73. The van der Waals surface area contributed by atoms with Crippen molar-refractivity contribution in [1.29, 1.82) is 0 Å². The average molecular weight is 425 g/mol. The molecule has 4 rings (SSSR count). The number of hydrogen-bond acceptors (Lipinski definition) is 3. The molecule has 0 bridgehead atoms. The molecule has 1 N–H and O–H groups in total. The Bertz CT molecular complexity index is 1130. The molecule has 1 unspecified atom stereocenters. The molecule has 0 spiro atoms. The molecule has 152 valence electrons. The van der Waals surface area contributed by atoms with Gasteiger partial charge >= 0.3 is 0 Å². The van der Waals surface area contributed by atoms with Gasteiger partial charge in [-0.3, -0.25) is 9.59 Å². The molecule has 0 fully saturated rings. The van der Waals surface area contributed by atoms with Gasteiger partial charge in [0.05, 0.1) is 12.2 Å². The van der Waals surface area contributed by atoms with E-state index in [2.05, 4.69) is 5.32 Å². The van der Waals surface area contributed by atoms with Crippen LogP contribution >= 0.6 is 11.6 Å². The molecule has 1 aliphatic heterocycles. The van der Waals surface area contributed by atoms with E-state index >= 15 is 0 Å². The van der Waals surface area contributed by atoms with Crippen LogP contribution in [0.25, 0.3) is 0 Å². The second kappa shape index (κ2) is 8.16. The molecular formula is C23H18ClFN2O3. The normalized spacial score (nSPS) is 15.4. The highest BCUT2D eigenvalue weighted by atomic mass is 35.5. The third kappa shape index (κ3) is 4.00. The summed E-state index contributed by atoms with van der Waals surface area (Å²) in [5.74, 6) is -0.635. The number of benzene rings is 3. The van der Waals surface area contributed by atoms with E-state index in [0.29, 0.717) is 22.1 Å². The molecule has 1 aliphatic rings. The smallest absolute Gasteiger partial charge is 0.268 e. The first-order chi connectivity index (χ1) is 14.4. The van der Waals surface area contributed by atoms with Crippen LogP contribution in [-0.4, -0.2) is 17.9 Å². The Morgan fingerprint density at radius 1 is 1.13 bits per heavy atom. The van der Waals surface area contributed by atoms with Crippen molar-refractivity contribution in [2.45, 2.75) is 19.6 Å². The molecule has 0 aliphatic carbocycles. The first-order valence-corrected chi connectivity index (χ1v) is 9.72. The van der Waals surface area contributed by atoms with Gasteiger partial charge in [0.15, 0.2) is 6.10 Å². The fraction of sp³-hybridized carbons (Fsp3) is 0.130. The van der Waals surface area contributed by atoms with Crippen molar-refractivity contribution in [2.75, 3.05) is 10.2 Å². The molecule has 1 atom stereocenters. The third-order valence-electron chi connectivity index (χ3n) is 4.80. The van der Waals surface area contributed by atoms with Gasteiger partial charge in [-0.25, -0.2) is 4.39 Å². The van der Waals surface area contributed by atoms with E-state index in [0.717, 1.165) is 11.6 Å². The predicted octanol–water partition coefficient (Wildman–Crippen LogP) is 5.05. The number of hydrogen-bond donors (Lipinski definition) is 1. The highest BCUT2D eigenvalue weighted by Gasteiger charge is 2.32. The van der Waals surface area contributed by atoms with Gasteiger partial charge in [0.1, 0.15) is 11.6 Å². The molecule has 2 amide bonds. The minimum atomic E-state index is -0.646. The van der Waals surface area contributed by atoms with Gasteiger partial charge in [-0.15, -0.1) is 0 Å². The summed E-state index contributed by atoms with van der Waals surface area (Å²) in [7, 11) is 0. The van der Waals surface area contributed by atoms with Crippen LogP contribution in [0.15, 0.2) is 66.7 Å². The van der Waals surface area contributed by atoms with Crippen molar-refractivity contribution in [3.05, 3.63) is 88.7 Å². The number of nitrogens with one attached hydrogen (secondary N) is 1. The summed E-state index contributed by atoms with van der Waals surface area (Å²) in [5.41, 5.74) is 1.97. The van der Waals surface area contributed by atoms with Crippen LogP contribution in [0.4, 0.5) is 15.8 Å². The molecule has 3 aromatic carbocycles. The number of carbonyl (C=O) groups is 2. The molecule has 30 heavy (non-hydrogen) atoms. The molecule has 0 saturated carbocycles. The largest absolute Gasteiger partial charge is 0.479 e. The fourth-order valence-corrected chi connectivity index (χ4v) is 3.47. The summed E-state index contributed by atoms with van der Waals surface area (Å²) < 4.78 is 19.1. The van der Waals surface area contributed by atoms with Crippen molar-refractivity contribution in [3.63, 3.8) is 0 Å². The Hall–Kier alpha value is -3.38. The van der Waals surface area contributed by atoms with Crippen molar-refractivity contribution >= 4 is 34.8 Å². The third-order valence-corrected chi connectivity index (χ3v) is 5.17. The van der Waals surface area contributed by atoms with Gasteiger partial charge in [0, 0.05) is 16.3 Å². The predicted molar refractivity (Wildman–Crippen MR) is 114 cm³/mol. The van der Waals surface area contributed by atoms with Crippen molar-refractivity contribution in [1.82, 2.24) is 0 Å². The Balaban J connectivity index is 1.65. The maximum atomic E-state index is 13.4. The highest BCUT2D eigenvalue weighted by molar-refractivity contribution is 6.31. The maximum Gasteiger partial charge on any atom is 0.268 e. The summed E-state index contributed by atoms with van der Waals surface area (Å²) in [5, 5.41) is 3.29. The summed E-state index contributed by atoms with van der Waals surface area (Å²) in [6, 6.07) is 17.7. The number of carbonyl (C=O) groups excluding carboxylic acids is 2. The first kappa shape index (κ1) is 19.9. The Morgan fingerprint density at radius 3 is 2.70 bits per heavy atom.